The lowest BCUT2D eigenvalue weighted by Gasteiger charge is -2.26. The number of rotatable bonds is 8. The third kappa shape index (κ3) is 6.53. The van der Waals surface area contributed by atoms with Crippen LogP contribution < -0.4 is 10.2 Å². The Kier molecular flexibility index (Phi) is 8.89. The highest BCUT2D eigenvalue weighted by Crippen LogP contribution is 2.38. The zero-order valence-electron chi connectivity index (χ0n) is 19.8. The third-order valence-electron chi connectivity index (χ3n) is 5.48. The van der Waals surface area contributed by atoms with Gasteiger partial charge in [-0.05, 0) is 43.2 Å². The Morgan fingerprint density at radius 1 is 1.24 bits per heavy atom. The van der Waals surface area contributed by atoms with Gasteiger partial charge in [0.2, 0.25) is 5.88 Å². The summed E-state index contributed by atoms with van der Waals surface area (Å²) in [5.74, 6) is 6.09. The second kappa shape index (κ2) is 12.3. The monoisotopic (exact) mass is 563 g/mol. The summed E-state index contributed by atoms with van der Waals surface area (Å²) < 4.78 is 7.41. The van der Waals surface area contributed by atoms with Crippen LogP contribution in [0.4, 0.5) is 0 Å². The molecule has 0 radical (unpaired) electrons. The molecule has 2 aromatic heterocycles. The van der Waals surface area contributed by atoms with Gasteiger partial charge in [0.05, 0.1) is 17.0 Å². The zero-order chi connectivity index (χ0) is 26.4. The van der Waals surface area contributed by atoms with Crippen LogP contribution in [-0.2, 0) is 4.84 Å². The summed E-state index contributed by atoms with van der Waals surface area (Å²) in [6, 6.07) is 8.67. The first-order chi connectivity index (χ1) is 17.9. The molecule has 1 amide bonds. The SMILES string of the molecule is COc1c(C(=O)NN2CCCCC2)nc(-c2ccc(Cl)cc2Cl)n1-c1ccc(C#CCCO[N+](=O)[O-])s1. The van der Waals surface area contributed by atoms with Gasteiger partial charge in [-0.25, -0.2) is 9.99 Å². The van der Waals surface area contributed by atoms with E-state index in [1.54, 1.807) is 22.8 Å². The van der Waals surface area contributed by atoms with Crippen molar-refractivity contribution < 1.29 is 19.5 Å². The molecule has 0 saturated carbocycles. The van der Waals surface area contributed by atoms with Gasteiger partial charge in [0.15, 0.2) is 11.5 Å². The van der Waals surface area contributed by atoms with Crippen molar-refractivity contribution in [3.63, 3.8) is 0 Å². The molecule has 3 heterocycles. The maximum Gasteiger partial charge on any atom is 0.294 e. The highest BCUT2D eigenvalue weighted by molar-refractivity contribution is 7.15. The number of hydrogen-bond donors (Lipinski definition) is 1. The van der Waals surface area contributed by atoms with Crippen molar-refractivity contribution in [2.45, 2.75) is 25.7 Å². The van der Waals surface area contributed by atoms with Crippen molar-refractivity contribution in [2.75, 3.05) is 26.8 Å². The summed E-state index contributed by atoms with van der Waals surface area (Å²) in [6.45, 7) is 1.43. The van der Waals surface area contributed by atoms with Gasteiger partial charge in [0.25, 0.3) is 11.0 Å². The molecule has 194 valence electrons. The van der Waals surface area contributed by atoms with E-state index in [9.17, 15) is 14.9 Å². The number of benzene rings is 1. The number of methoxy groups -OCH3 is 1. The summed E-state index contributed by atoms with van der Waals surface area (Å²) in [7, 11) is 1.47. The average Bonchev–Trinajstić information content (AvgIpc) is 3.48. The fourth-order valence-corrected chi connectivity index (χ4v) is 5.21. The van der Waals surface area contributed by atoms with E-state index in [1.807, 2.05) is 17.1 Å². The summed E-state index contributed by atoms with van der Waals surface area (Å²) in [6.07, 6.45) is 3.36. The number of nitrogens with zero attached hydrogens (tertiary/aromatic N) is 4. The second-order valence-electron chi connectivity index (χ2n) is 7.99. The lowest BCUT2D eigenvalue weighted by Crippen LogP contribution is -2.45. The summed E-state index contributed by atoms with van der Waals surface area (Å²) in [4.78, 5) is 33.2. The molecule has 1 saturated heterocycles. The minimum atomic E-state index is -0.849. The molecule has 13 heteroatoms. The maximum absolute atomic E-state index is 13.3. The predicted molar refractivity (Wildman–Crippen MR) is 141 cm³/mol. The van der Waals surface area contributed by atoms with Crippen LogP contribution in [0.2, 0.25) is 10.0 Å². The van der Waals surface area contributed by atoms with Gasteiger partial charge in [0.1, 0.15) is 11.6 Å². The first-order valence-electron chi connectivity index (χ1n) is 11.4. The topological polar surface area (TPSA) is 112 Å². The molecular weight excluding hydrogens is 541 g/mol. The van der Waals surface area contributed by atoms with Crippen LogP contribution >= 0.6 is 34.5 Å². The number of hydrogen-bond acceptors (Lipinski definition) is 8. The van der Waals surface area contributed by atoms with E-state index in [0.29, 0.717) is 31.3 Å². The second-order valence-corrected chi connectivity index (χ2v) is 9.89. The molecule has 3 aromatic rings. The number of carbonyl (C=O) groups is 1. The summed E-state index contributed by atoms with van der Waals surface area (Å²) in [5.41, 5.74) is 3.62. The van der Waals surface area contributed by atoms with Crippen LogP contribution in [0.3, 0.4) is 0 Å². The first kappa shape index (κ1) is 26.8. The normalized spacial score (nSPS) is 13.5. The van der Waals surface area contributed by atoms with Crippen LogP contribution in [0.25, 0.3) is 16.4 Å². The fraction of sp³-hybridized carbons (Fsp3) is 0.333. The Hall–Kier alpha value is -3.30. The van der Waals surface area contributed by atoms with Crippen molar-refractivity contribution in [1.29, 1.82) is 0 Å². The lowest BCUT2D eigenvalue weighted by atomic mass is 10.2. The number of imidazole rings is 1. The maximum atomic E-state index is 13.3. The number of nitrogens with one attached hydrogen (secondary N) is 1. The zero-order valence-corrected chi connectivity index (χ0v) is 22.2. The van der Waals surface area contributed by atoms with Gasteiger partial charge in [-0.15, -0.1) is 21.5 Å². The van der Waals surface area contributed by atoms with Crippen molar-refractivity contribution in [2.24, 2.45) is 0 Å². The molecule has 1 aromatic carbocycles. The molecule has 37 heavy (non-hydrogen) atoms. The molecule has 4 rings (SSSR count). The molecular formula is C24H23Cl2N5O5S. The Morgan fingerprint density at radius 2 is 2.03 bits per heavy atom. The molecule has 0 bridgehead atoms. The molecule has 10 nitrogen and oxygen atoms in total. The van der Waals surface area contributed by atoms with Gasteiger partial charge >= 0.3 is 0 Å². The van der Waals surface area contributed by atoms with Crippen LogP contribution in [0.15, 0.2) is 30.3 Å². The van der Waals surface area contributed by atoms with Crippen LogP contribution in [0.1, 0.15) is 41.0 Å². The van der Waals surface area contributed by atoms with Gasteiger partial charge in [-0.3, -0.25) is 14.8 Å². The fourth-order valence-electron chi connectivity index (χ4n) is 3.84. The molecule has 1 N–H and O–H groups in total. The number of carbonyl (C=O) groups excluding carboxylic acids is 1. The van der Waals surface area contributed by atoms with E-state index < -0.39 is 5.09 Å². The minimum absolute atomic E-state index is 0.109. The Bertz CT molecular complexity index is 1360. The highest BCUT2D eigenvalue weighted by Gasteiger charge is 2.28. The van der Waals surface area contributed by atoms with E-state index in [0.717, 1.165) is 32.4 Å². The quantitative estimate of drug-likeness (QED) is 0.178. The number of piperidine rings is 1. The van der Waals surface area contributed by atoms with Gasteiger partial charge in [-0.1, -0.05) is 41.5 Å². The van der Waals surface area contributed by atoms with Gasteiger partial charge < -0.3 is 9.57 Å². The largest absolute Gasteiger partial charge is 0.480 e. The molecule has 0 aliphatic carbocycles. The van der Waals surface area contributed by atoms with Crippen LogP contribution in [-0.4, -0.2) is 52.4 Å². The predicted octanol–water partition coefficient (Wildman–Crippen LogP) is 5.00. The van der Waals surface area contributed by atoms with E-state index >= 15 is 0 Å². The summed E-state index contributed by atoms with van der Waals surface area (Å²) >= 11 is 14.0. The number of ether oxygens (including phenoxy) is 1. The molecule has 0 atom stereocenters. The number of amides is 1. The number of halogens is 2. The Morgan fingerprint density at radius 3 is 2.73 bits per heavy atom. The Labute approximate surface area is 227 Å². The lowest BCUT2D eigenvalue weighted by molar-refractivity contribution is -0.757. The van der Waals surface area contributed by atoms with Crippen molar-refractivity contribution in [3.8, 4) is 34.1 Å². The van der Waals surface area contributed by atoms with Gasteiger partial charge in [-0.2, -0.15) is 0 Å². The van der Waals surface area contributed by atoms with E-state index in [4.69, 9.17) is 27.9 Å². The van der Waals surface area contributed by atoms with Crippen molar-refractivity contribution in [3.05, 3.63) is 61.1 Å². The smallest absolute Gasteiger partial charge is 0.294 e. The van der Waals surface area contributed by atoms with Crippen LogP contribution in [0, 0.1) is 22.0 Å². The molecule has 1 fully saturated rings. The molecule has 1 aliphatic heterocycles. The number of thiophene rings is 1. The first-order valence-corrected chi connectivity index (χ1v) is 13.0. The standard InChI is InChI=1S/C24H23Cl2N5O5S/c1-35-24-21(23(32)28-29-12-4-2-5-13-29)27-22(18-10-8-16(25)15-19(18)26)30(24)20-11-9-17(37-20)7-3-6-14-36-31(33)34/h8-11,15H,2,4-6,12-14H2,1H3,(H,28,32). The highest BCUT2D eigenvalue weighted by atomic mass is 35.5. The Balaban J connectivity index is 1.72. The summed E-state index contributed by atoms with van der Waals surface area (Å²) in [5, 5.41) is 12.8. The minimum Gasteiger partial charge on any atom is -0.480 e. The molecule has 1 aliphatic rings. The van der Waals surface area contributed by atoms with Crippen molar-refractivity contribution >= 4 is 40.4 Å². The van der Waals surface area contributed by atoms with Gasteiger partial charge in [0, 0.05) is 30.1 Å². The van der Waals surface area contributed by atoms with Crippen LogP contribution in [0.5, 0.6) is 5.88 Å². The number of aromatic nitrogens is 2. The number of hydrazine groups is 1. The molecule has 0 unspecified atom stereocenters. The third-order valence-corrected chi connectivity index (χ3v) is 7.01. The van der Waals surface area contributed by atoms with E-state index in [1.165, 1.54) is 18.4 Å². The van der Waals surface area contributed by atoms with E-state index in [2.05, 4.69) is 27.1 Å². The van der Waals surface area contributed by atoms with E-state index in [-0.39, 0.29) is 30.5 Å². The molecule has 0 spiro atoms. The van der Waals surface area contributed by atoms with Crippen molar-refractivity contribution in [1.82, 2.24) is 20.0 Å². The average molecular weight is 564 g/mol.